The van der Waals surface area contributed by atoms with E-state index in [2.05, 4.69) is 45.5 Å². The van der Waals surface area contributed by atoms with E-state index in [-0.39, 0.29) is 50.3 Å². The van der Waals surface area contributed by atoms with Crippen molar-refractivity contribution in [3.05, 3.63) is 155 Å². The van der Waals surface area contributed by atoms with Gasteiger partial charge in [-0.15, -0.1) is 0 Å². The molecule has 0 aliphatic rings. The fourth-order valence-corrected chi connectivity index (χ4v) is 3.44. The summed E-state index contributed by atoms with van der Waals surface area (Å²) in [5.41, 5.74) is 22.0. The van der Waals surface area contributed by atoms with Gasteiger partial charge in [-0.2, -0.15) is 0 Å². The second-order valence-corrected chi connectivity index (χ2v) is 8.74. The maximum Gasteiger partial charge on any atom is 2.00 e. The van der Waals surface area contributed by atoms with Gasteiger partial charge in [0, 0.05) is 32.5 Å². The molecule has 1 radical (unpaired) electrons. The Morgan fingerprint density at radius 3 is 0.976 bits per heavy atom. The molecule has 0 aliphatic heterocycles. The number of rotatable bonds is 8. The van der Waals surface area contributed by atoms with Gasteiger partial charge in [-0.1, -0.05) is 146 Å². The van der Waals surface area contributed by atoms with Gasteiger partial charge in [0.15, 0.2) is 0 Å². The molecule has 0 aliphatic carbocycles. The zero-order valence-corrected chi connectivity index (χ0v) is 24.0. The number of nitrogens with one attached hydrogen (secondary N) is 4. The normalized spacial score (nSPS) is 10.6. The third-order valence-electron chi connectivity index (χ3n) is 5.14. The van der Waals surface area contributed by atoms with Crippen LogP contribution >= 0.6 is 24.4 Å². The van der Waals surface area contributed by atoms with Gasteiger partial charge in [0.2, 0.25) is 11.6 Å². The monoisotopic (exact) mass is 627 g/mol. The Balaban J connectivity index is 0.000000280. The second kappa shape index (κ2) is 17.2. The average Bonchev–Trinajstić information content (AvgIpc) is 2.99. The molecule has 209 valence electrons. The number of ketones is 2. The van der Waals surface area contributed by atoms with Crippen LogP contribution in [0.1, 0.15) is 31.8 Å². The molecule has 4 rings (SSSR count). The molecule has 8 nitrogen and oxygen atoms in total. The molecule has 0 aromatic heterocycles. The summed E-state index contributed by atoms with van der Waals surface area (Å²) in [5, 5.41) is 7.44. The fraction of sp³-hybridized carbons (Fsp3) is 0. The van der Waals surface area contributed by atoms with E-state index in [4.69, 9.17) is 11.5 Å². The Hall–Kier alpha value is -4.54. The molecule has 0 bridgehead atoms. The molecule has 0 unspecified atom stereocenters. The van der Waals surface area contributed by atoms with E-state index in [1.807, 2.05) is 48.5 Å². The van der Waals surface area contributed by atoms with Gasteiger partial charge in [0.25, 0.3) is 0 Å². The van der Waals surface area contributed by atoms with E-state index in [1.54, 1.807) is 72.8 Å². The van der Waals surface area contributed by atoms with Crippen LogP contribution in [0, 0.1) is 0 Å². The molecule has 0 saturated heterocycles. The summed E-state index contributed by atoms with van der Waals surface area (Å²) in [7, 11) is 0. The number of nitrogens with zero attached hydrogens (tertiary/aromatic N) is 2. The molecular formula is C30H24CuN6O2S2. The number of benzene rings is 4. The quantitative estimate of drug-likeness (QED) is 0.0764. The minimum absolute atomic E-state index is 0. The smallest absolute Gasteiger partial charge is 0.472 e. The van der Waals surface area contributed by atoms with E-state index in [0.29, 0.717) is 22.3 Å². The molecule has 4 N–H and O–H groups in total. The fourth-order valence-electron chi connectivity index (χ4n) is 3.35. The van der Waals surface area contributed by atoms with Crippen LogP contribution in [-0.2, 0) is 17.1 Å². The summed E-state index contributed by atoms with van der Waals surface area (Å²) >= 11 is 9.21. The van der Waals surface area contributed by atoms with E-state index in [0.717, 1.165) is 0 Å². The molecule has 0 heterocycles. The van der Waals surface area contributed by atoms with Crippen molar-refractivity contribution >= 4 is 57.7 Å². The van der Waals surface area contributed by atoms with Gasteiger partial charge >= 0.3 is 17.1 Å². The number of carbonyl (C=O) groups excluding carboxylic acids is 2. The van der Waals surface area contributed by atoms with Gasteiger partial charge in [-0.3, -0.25) is 19.8 Å². The van der Waals surface area contributed by atoms with Gasteiger partial charge in [0.1, 0.15) is 11.4 Å². The van der Waals surface area contributed by atoms with Crippen LogP contribution in [0.2, 0.25) is 0 Å². The SMILES string of the molecule is [Cu+2].[NH-]C(=S)N/N=C(/C(=O)c1ccccc1)c1ccccc1.[NH-]C(=S)N/N=C(/C(=O)c1ccccc1)c1ccccc1. The Morgan fingerprint density at radius 2 is 0.732 bits per heavy atom. The van der Waals surface area contributed by atoms with Gasteiger partial charge in [-0.25, -0.2) is 0 Å². The average molecular weight is 628 g/mol. The summed E-state index contributed by atoms with van der Waals surface area (Å²) < 4.78 is 0. The first-order chi connectivity index (χ1) is 19.4. The van der Waals surface area contributed by atoms with Crippen molar-refractivity contribution in [1.29, 1.82) is 0 Å². The molecule has 0 spiro atoms. The van der Waals surface area contributed by atoms with Crippen molar-refractivity contribution < 1.29 is 26.7 Å². The first-order valence-electron chi connectivity index (χ1n) is 11.9. The van der Waals surface area contributed by atoms with E-state index >= 15 is 0 Å². The van der Waals surface area contributed by atoms with Crippen molar-refractivity contribution in [3.63, 3.8) is 0 Å². The number of hydrogen-bond donors (Lipinski definition) is 2. The molecule has 0 saturated carbocycles. The predicted octanol–water partition coefficient (Wildman–Crippen LogP) is 6.40. The Bertz CT molecular complexity index is 1400. The topological polar surface area (TPSA) is 131 Å². The minimum Gasteiger partial charge on any atom is -0.472 e. The largest absolute Gasteiger partial charge is 2.00 e. The molecule has 0 atom stereocenters. The molecule has 4 aromatic rings. The van der Waals surface area contributed by atoms with Crippen LogP contribution in [0.3, 0.4) is 0 Å². The first kappa shape index (κ1) is 32.7. The van der Waals surface area contributed by atoms with Crippen LogP contribution < -0.4 is 10.9 Å². The maximum atomic E-state index is 12.5. The number of carbonyl (C=O) groups is 2. The summed E-state index contributed by atoms with van der Waals surface area (Å²) in [6.45, 7) is 0. The van der Waals surface area contributed by atoms with Crippen molar-refractivity contribution in [2.24, 2.45) is 10.2 Å². The summed E-state index contributed by atoms with van der Waals surface area (Å²) in [4.78, 5) is 25.0. The van der Waals surface area contributed by atoms with Crippen molar-refractivity contribution in [2.75, 3.05) is 0 Å². The number of thiocarbonyl (C=S) groups is 2. The van der Waals surface area contributed by atoms with Gasteiger partial charge < -0.3 is 22.3 Å². The van der Waals surface area contributed by atoms with Crippen LogP contribution in [0.4, 0.5) is 0 Å². The van der Waals surface area contributed by atoms with Crippen molar-refractivity contribution in [2.45, 2.75) is 0 Å². The summed E-state index contributed by atoms with van der Waals surface area (Å²) in [6.07, 6.45) is 0. The van der Waals surface area contributed by atoms with Crippen LogP contribution in [0.5, 0.6) is 0 Å². The van der Waals surface area contributed by atoms with Crippen LogP contribution in [0.15, 0.2) is 132 Å². The third-order valence-corrected chi connectivity index (χ3v) is 5.32. The summed E-state index contributed by atoms with van der Waals surface area (Å²) in [5.74, 6) is -0.443. The second-order valence-electron chi connectivity index (χ2n) is 7.93. The van der Waals surface area contributed by atoms with E-state index in [1.165, 1.54) is 0 Å². The number of hydrazone groups is 2. The van der Waals surface area contributed by atoms with Gasteiger partial charge in [0.05, 0.1) is 0 Å². The maximum absolute atomic E-state index is 12.5. The number of Topliss-reactive ketones (excluding diaryl/α,β-unsaturated/α-hetero) is 2. The molecule has 0 fully saturated rings. The van der Waals surface area contributed by atoms with E-state index < -0.39 is 0 Å². The van der Waals surface area contributed by atoms with Crippen LogP contribution in [0.25, 0.3) is 11.5 Å². The third kappa shape index (κ3) is 10.5. The van der Waals surface area contributed by atoms with Gasteiger partial charge in [-0.05, 0) is 0 Å². The molecule has 41 heavy (non-hydrogen) atoms. The Kier molecular flexibility index (Phi) is 13.7. The Labute approximate surface area is 259 Å². The predicted molar refractivity (Wildman–Crippen MR) is 168 cm³/mol. The molecule has 11 heteroatoms. The summed E-state index contributed by atoms with van der Waals surface area (Å²) in [6, 6.07) is 35.9. The zero-order chi connectivity index (χ0) is 28.7. The molecular weight excluding hydrogens is 604 g/mol. The number of hydrogen-bond acceptors (Lipinski definition) is 6. The molecule has 0 amide bonds. The van der Waals surface area contributed by atoms with Crippen molar-refractivity contribution in [1.82, 2.24) is 10.9 Å². The van der Waals surface area contributed by atoms with Crippen LogP contribution in [-0.4, -0.2) is 33.2 Å². The Morgan fingerprint density at radius 1 is 0.488 bits per heavy atom. The minimum atomic E-state index is -0.237. The standard InChI is InChI=1S/2C15H13N3OS.Cu/c2*16-15(20)18-17-13(11-7-3-1-4-8-11)14(19)12-9-5-2-6-10-12;/h2*1-10H,(H3,16,18,19,20);/q;;+2/p-2. The first-order valence-corrected chi connectivity index (χ1v) is 12.7. The zero-order valence-electron chi connectivity index (χ0n) is 21.4. The van der Waals surface area contributed by atoms with Crippen molar-refractivity contribution in [3.8, 4) is 0 Å². The van der Waals surface area contributed by atoms with E-state index in [9.17, 15) is 9.59 Å². The molecule has 4 aromatic carbocycles.